The first-order chi connectivity index (χ1) is 12.3. The summed E-state index contributed by atoms with van der Waals surface area (Å²) in [6, 6.07) is -0.832. The number of carbonyl (C=O) groups excluding carboxylic acids is 3. The molecule has 13 heteroatoms. The molecule has 3 heterocycles. The van der Waals surface area contributed by atoms with E-state index in [0.717, 1.165) is 9.80 Å². The van der Waals surface area contributed by atoms with Crippen LogP contribution in [0.1, 0.15) is 13.8 Å². The highest BCUT2D eigenvalue weighted by atomic mass is 32.2. The molecular formula is C13H16N6O6S. The van der Waals surface area contributed by atoms with E-state index in [1.54, 1.807) is 0 Å². The number of carbonyl (C=O) groups is 4. The fourth-order valence-electron chi connectivity index (χ4n) is 2.94. The van der Waals surface area contributed by atoms with Gasteiger partial charge in [-0.2, -0.15) is 0 Å². The van der Waals surface area contributed by atoms with Gasteiger partial charge in [-0.15, -0.1) is 21.7 Å². The molecule has 0 aliphatic carbocycles. The number of aliphatic carboxylic acids is 1. The van der Waals surface area contributed by atoms with Crippen LogP contribution in [0, 0.1) is 5.41 Å². The summed E-state index contributed by atoms with van der Waals surface area (Å²) in [7, 11) is 0. The van der Waals surface area contributed by atoms with Gasteiger partial charge in [-0.05, 0) is 10.4 Å². The van der Waals surface area contributed by atoms with Gasteiger partial charge in [0.25, 0.3) is 5.91 Å². The predicted molar refractivity (Wildman–Crippen MR) is 85.2 cm³/mol. The lowest BCUT2D eigenvalue weighted by Gasteiger charge is -2.55. The van der Waals surface area contributed by atoms with Crippen molar-refractivity contribution in [1.82, 2.24) is 25.2 Å². The first-order valence-electron chi connectivity index (χ1n) is 7.59. The summed E-state index contributed by atoms with van der Waals surface area (Å²) in [6.07, 6.45) is 1.20. The van der Waals surface area contributed by atoms with Gasteiger partial charge in [0.05, 0.1) is 0 Å². The van der Waals surface area contributed by atoms with Crippen molar-refractivity contribution in [1.29, 1.82) is 0 Å². The molecule has 0 spiro atoms. The molecule has 2 aliphatic heterocycles. The van der Waals surface area contributed by atoms with Crippen molar-refractivity contribution < 1.29 is 29.0 Å². The molecule has 0 aromatic carbocycles. The Morgan fingerprint density at radius 3 is 2.73 bits per heavy atom. The highest BCUT2D eigenvalue weighted by molar-refractivity contribution is 8.00. The minimum Gasteiger partial charge on any atom is -0.481 e. The molecule has 2 unspecified atom stereocenters. The van der Waals surface area contributed by atoms with Gasteiger partial charge in [-0.25, -0.2) is 5.01 Å². The smallest absolute Gasteiger partial charge is 0.315 e. The van der Waals surface area contributed by atoms with Crippen molar-refractivity contribution in [2.45, 2.75) is 25.3 Å². The van der Waals surface area contributed by atoms with Gasteiger partial charge < -0.3 is 14.7 Å². The van der Waals surface area contributed by atoms with Gasteiger partial charge >= 0.3 is 11.9 Å². The minimum absolute atomic E-state index is 0.107. The number of hydrogen-bond donors (Lipinski definition) is 1. The number of β-lactam (4-membered cyclic amide) rings is 1. The van der Waals surface area contributed by atoms with E-state index in [1.165, 1.54) is 36.8 Å². The van der Waals surface area contributed by atoms with E-state index in [-0.39, 0.29) is 18.9 Å². The Bertz CT molecular complexity index is 756. The summed E-state index contributed by atoms with van der Waals surface area (Å²) in [6.45, 7) is 2.04. The number of esters is 1. The standard InChI is InChI=1S/C13H16N6O6S/c1-7(20)19(18-6-14-15-16-18)9-10(22)17-3-13(12(23)24,4-25-8(2)21)5-26-11(9)17/h6,9,11H,3-5H2,1-2H3,(H,23,24)/t9?,11-,13?/m1/s1. The van der Waals surface area contributed by atoms with Crippen molar-refractivity contribution in [3.63, 3.8) is 0 Å². The molecule has 0 saturated carbocycles. The summed E-state index contributed by atoms with van der Waals surface area (Å²) < 4.78 is 4.89. The molecule has 2 amide bonds. The minimum atomic E-state index is -1.39. The Hall–Kier alpha value is -2.70. The molecule has 12 nitrogen and oxygen atoms in total. The zero-order valence-corrected chi connectivity index (χ0v) is 14.7. The molecule has 2 fully saturated rings. The van der Waals surface area contributed by atoms with E-state index in [0.29, 0.717) is 0 Å². The number of fused-ring (bicyclic) bond motifs is 1. The van der Waals surface area contributed by atoms with Gasteiger partial charge in [0.1, 0.15) is 17.4 Å². The summed E-state index contributed by atoms with van der Waals surface area (Å²) in [5, 5.41) is 20.9. The average molecular weight is 384 g/mol. The van der Waals surface area contributed by atoms with Crippen LogP contribution >= 0.6 is 11.8 Å². The zero-order valence-electron chi connectivity index (χ0n) is 13.9. The van der Waals surface area contributed by atoms with Crippen LogP contribution in [0.2, 0.25) is 0 Å². The number of aromatic nitrogens is 4. The molecule has 140 valence electrons. The van der Waals surface area contributed by atoms with E-state index in [2.05, 4.69) is 15.5 Å². The third-order valence-corrected chi connectivity index (χ3v) is 5.84. The second-order valence-corrected chi connectivity index (χ2v) is 7.18. The maximum Gasteiger partial charge on any atom is 0.315 e. The number of rotatable bonds is 5. The van der Waals surface area contributed by atoms with Crippen molar-refractivity contribution >= 4 is 35.5 Å². The van der Waals surface area contributed by atoms with Gasteiger partial charge in [0, 0.05) is 26.1 Å². The number of amides is 2. The maximum absolute atomic E-state index is 12.6. The Kier molecular flexibility index (Phi) is 4.56. The fourth-order valence-corrected chi connectivity index (χ4v) is 4.50. The maximum atomic E-state index is 12.6. The molecular weight excluding hydrogens is 368 g/mol. The summed E-state index contributed by atoms with van der Waals surface area (Å²) >= 11 is 1.21. The lowest BCUT2D eigenvalue weighted by atomic mass is 9.88. The Morgan fingerprint density at radius 2 is 2.19 bits per heavy atom. The first kappa shape index (κ1) is 18.1. The molecule has 1 aromatic heterocycles. The van der Waals surface area contributed by atoms with Crippen LogP contribution in [0.5, 0.6) is 0 Å². The Balaban J connectivity index is 1.79. The third kappa shape index (κ3) is 2.87. The number of thioether (sulfide) groups is 1. The Labute approximate surface area is 151 Å². The van der Waals surface area contributed by atoms with Crippen molar-refractivity contribution in [2.75, 3.05) is 23.9 Å². The number of carboxylic acids is 1. The highest BCUT2D eigenvalue weighted by Crippen LogP contribution is 2.43. The molecule has 3 rings (SSSR count). The van der Waals surface area contributed by atoms with Crippen LogP contribution in [-0.2, 0) is 23.9 Å². The van der Waals surface area contributed by atoms with Crippen molar-refractivity contribution in [3.05, 3.63) is 6.33 Å². The van der Waals surface area contributed by atoms with E-state index < -0.39 is 40.6 Å². The third-order valence-electron chi connectivity index (χ3n) is 4.27. The van der Waals surface area contributed by atoms with Crippen LogP contribution in [0.4, 0.5) is 0 Å². The number of ether oxygens (including phenoxy) is 1. The topological polar surface area (TPSA) is 148 Å². The lowest BCUT2D eigenvalue weighted by Crippen LogP contribution is -2.76. The summed E-state index contributed by atoms with van der Waals surface area (Å²) in [4.78, 5) is 49.9. The van der Waals surface area contributed by atoms with Gasteiger partial charge in [-0.1, -0.05) is 0 Å². The van der Waals surface area contributed by atoms with Gasteiger partial charge in [0.15, 0.2) is 12.4 Å². The summed E-state index contributed by atoms with van der Waals surface area (Å²) in [5.74, 6) is -2.45. The zero-order chi connectivity index (χ0) is 19.1. The normalized spacial score (nSPS) is 27.3. The van der Waals surface area contributed by atoms with Crippen LogP contribution < -0.4 is 5.01 Å². The number of hydrogen-bond acceptors (Lipinski definition) is 9. The second-order valence-electron chi connectivity index (χ2n) is 6.07. The molecule has 0 bridgehead atoms. The molecule has 26 heavy (non-hydrogen) atoms. The molecule has 2 aliphatic rings. The van der Waals surface area contributed by atoms with E-state index in [9.17, 15) is 24.3 Å². The largest absolute Gasteiger partial charge is 0.481 e. The SMILES string of the molecule is CC(=O)OCC1(C(=O)O)CS[C@@H]2C(N(C(C)=O)n3cnnn3)C(=O)N2C1. The Morgan fingerprint density at radius 1 is 1.46 bits per heavy atom. The predicted octanol–water partition coefficient (Wildman–Crippen LogP) is -1.92. The molecule has 2 saturated heterocycles. The van der Waals surface area contributed by atoms with Crippen molar-refractivity contribution in [3.8, 4) is 0 Å². The van der Waals surface area contributed by atoms with Gasteiger partial charge in [0.2, 0.25) is 5.91 Å². The van der Waals surface area contributed by atoms with Crippen LogP contribution in [0.15, 0.2) is 6.33 Å². The first-order valence-corrected chi connectivity index (χ1v) is 8.63. The monoisotopic (exact) mass is 384 g/mol. The molecule has 0 radical (unpaired) electrons. The van der Waals surface area contributed by atoms with E-state index in [1.807, 2.05) is 0 Å². The van der Waals surface area contributed by atoms with Gasteiger partial charge in [-0.3, -0.25) is 19.2 Å². The lowest BCUT2D eigenvalue weighted by molar-refractivity contribution is -0.164. The quantitative estimate of drug-likeness (QED) is 0.449. The number of carboxylic acid groups (broad SMARTS) is 1. The molecule has 1 N–H and O–H groups in total. The van der Waals surface area contributed by atoms with Crippen molar-refractivity contribution in [2.24, 2.45) is 5.41 Å². The number of tetrazole rings is 1. The van der Waals surface area contributed by atoms with Crippen LogP contribution in [-0.4, -0.2) is 84.4 Å². The molecule has 3 atom stereocenters. The van der Waals surface area contributed by atoms with E-state index >= 15 is 0 Å². The van der Waals surface area contributed by atoms with Crippen LogP contribution in [0.3, 0.4) is 0 Å². The average Bonchev–Trinajstić information content (AvgIpc) is 3.10. The van der Waals surface area contributed by atoms with Crippen LogP contribution in [0.25, 0.3) is 0 Å². The fraction of sp³-hybridized carbons (Fsp3) is 0.615. The van der Waals surface area contributed by atoms with E-state index in [4.69, 9.17) is 4.74 Å². The second kappa shape index (κ2) is 6.55. The highest BCUT2D eigenvalue weighted by Gasteiger charge is 2.60. The molecule has 1 aromatic rings. The summed E-state index contributed by atoms with van der Waals surface area (Å²) in [5.41, 5.74) is -1.39. The number of nitrogens with zero attached hydrogens (tertiary/aromatic N) is 6.